The molecule has 1 unspecified atom stereocenters. The van der Waals surface area contributed by atoms with Crippen molar-refractivity contribution in [1.29, 1.82) is 0 Å². The molecule has 2 aliphatic rings. The molecular formula is C31H31FN8O3. The monoisotopic (exact) mass is 582 g/mol. The molecule has 1 saturated carbocycles. The Morgan fingerprint density at radius 3 is 2.60 bits per heavy atom. The smallest absolute Gasteiger partial charge is 0.272 e. The van der Waals surface area contributed by atoms with E-state index in [4.69, 9.17) is 10.3 Å². The summed E-state index contributed by atoms with van der Waals surface area (Å²) in [6.07, 6.45) is 2.25. The molecule has 0 bridgehead atoms. The lowest BCUT2D eigenvalue weighted by molar-refractivity contribution is -0.117. The number of alkyl halides is 1. The van der Waals surface area contributed by atoms with E-state index in [1.807, 2.05) is 30.3 Å². The highest BCUT2D eigenvalue weighted by Gasteiger charge is 2.43. The molecule has 2 fully saturated rings. The zero-order valence-corrected chi connectivity index (χ0v) is 23.6. The third kappa shape index (κ3) is 6.27. The van der Waals surface area contributed by atoms with Gasteiger partial charge in [0.25, 0.3) is 5.91 Å². The minimum absolute atomic E-state index is 0.168. The van der Waals surface area contributed by atoms with Crippen LogP contribution in [0.15, 0.2) is 86.6 Å². The summed E-state index contributed by atoms with van der Waals surface area (Å²) in [5.41, 5.74) is 3.53. The number of hydrazone groups is 1. The number of nitrogens with one attached hydrogen (secondary N) is 1. The second-order valence-electron chi connectivity index (χ2n) is 10.9. The van der Waals surface area contributed by atoms with E-state index >= 15 is 0 Å². The van der Waals surface area contributed by atoms with Crippen LogP contribution in [0.1, 0.15) is 48.3 Å². The molecule has 1 aliphatic heterocycles. The Kier molecular flexibility index (Phi) is 7.91. The number of aromatic nitrogens is 2. The predicted octanol–water partition coefficient (Wildman–Crippen LogP) is 5.52. The molecule has 0 spiro atoms. The van der Waals surface area contributed by atoms with Crippen LogP contribution in [0.5, 0.6) is 0 Å². The van der Waals surface area contributed by atoms with E-state index in [0.29, 0.717) is 52.9 Å². The number of nitrogens with zero attached hydrogens (tertiary/aromatic N) is 6. The predicted molar refractivity (Wildman–Crippen MR) is 159 cm³/mol. The number of carbonyl (C=O) groups excluding carboxylic acids is 2. The number of pyridine rings is 1. The number of anilines is 1. The molecule has 0 radical (unpaired) electrons. The van der Waals surface area contributed by atoms with Crippen molar-refractivity contribution in [3.8, 4) is 11.5 Å². The first-order valence-corrected chi connectivity index (χ1v) is 14.2. The van der Waals surface area contributed by atoms with Crippen LogP contribution in [0.4, 0.5) is 10.1 Å². The summed E-state index contributed by atoms with van der Waals surface area (Å²) in [7, 11) is 0. The van der Waals surface area contributed by atoms with Crippen LogP contribution in [0, 0.1) is 11.8 Å². The van der Waals surface area contributed by atoms with Crippen LogP contribution in [0.25, 0.3) is 22.6 Å². The number of rotatable bonds is 7. The molecular weight excluding hydrogens is 551 g/mol. The van der Waals surface area contributed by atoms with E-state index in [0.717, 1.165) is 18.4 Å². The summed E-state index contributed by atoms with van der Waals surface area (Å²) in [6.45, 7) is 2.81. The number of oxazole rings is 1. The zero-order valence-electron chi connectivity index (χ0n) is 23.6. The summed E-state index contributed by atoms with van der Waals surface area (Å²) >= 11 is 0. The number of azo groups is 1. The van der Waals surface area contributed by atoms with Crippen molar-refractivity contribution in [2.45, 2.75) is 38.4 Å². The highest BCUT2D eigenvalue weighted by atomic mass is 19.1. The van der Waals surface area contributed by atoms with Gasteiger partial charge >= 0.3 is 0 Å². The number of fused-ring (bicyclic) bond motifs is 1. The molecule has 2 amide bonds. The first kappa shape index (κ1) is 28.1. The van der Waals surface area contributed by atoms with Crippen molar-refractivity contribution in [3.05, 3.63) is 78.1 Å². The van der Waals surface area contributed by atoms with Crippen LogP contribution in [-0.2, 0) is 4.79 Å². The maximum absolute atomic E-state index is 13.5. The highest BCUT2D eigenvalue weighted by molar-refractivity contribution is 5.96. The fraction of sp³-hybridized carbons (Fsp3) is 0.323. The van der Waals surface area contributed by atoms with Crippen molar-refractivity contribution >= 4 is 34.4 Å². The van der Waals surface area contributed by atoms with E-state index in [1.54, 1.807) is 48.4 Å². The number of hydrogen-bond donors (Lipinski definition) is 2. The van der Waals surface area contributed by atoms with E-state index < -0.39 is 12.1 Å². The Morgan fingerprint density at radius 1 is 1.12 bits per heavy atom. The lowest BCUT2D eigenvalue weighted by atomic mass is 9.86. The van der Waals surface area contributed by atoms with Gasteiger partial charge in [0.15, 0.2) is 11.4 Å². The maximum atomic E-state index is 13.5. The van der Waals surface area contributed by atoms with Gasteiger partial charge in [-0.3, -0.25) is 14.6 Å². The fourth-order valence-electron chi connectivity index (χ4n) is 5.31. The summed E-state index contributed by atoms with van der Waals surface area (Å²) in [5.74, 6) is 5.16. The minimum Gasteiger partial charge on any atom is -0.436 e. The summed E-state index contributed by atoms with van der Waals surface area (Å²) in [4.78, 5) is 36.3. The fourth-order valence-corrected chi connectivity index (χ4v) is 5.31. The van der Waals surface area contributed by atoms with Gasteiger partial charge in [-0.25, -0.2) is 9.37 Å². The second-order valence-corrected chi connectivity index (χ2v) is 10.9. The summed E-state index contributed by atoms with van der Waals surface area (Å²) in [6, 6.07) is 18.3. The number of halogens is 1. The molecule has 2 aromatic heterocycles. The molecule has 11 nitrogen and oxygen atoms in total. The van der Waals surface area contributed by atoms with Crippen LogP contribution in [0.3, 0.4) is 0 Å². The van der Waals surface area contributed by atoms with Gasteiger partial charge < -0.3 is 20.5 Å². The first-order chi connectivity index (χ1) is 20.9. The van der Waals surface area contributed by atoms with E-state index in [1.165, 1.54) is 0 Å². The van der Waals surface area contributed by atoms with Gasteiger partial charge in [0.2, 0.25) is 11.8 Å². The Balaban J connectivity index is 1.13. The summed E-state index contributed by atoms with van der Waals surface area (Å²) < 4.78 is 19.2. The number of amidine groups is 1. The number of piperidine rings is 1. The van der Waals surface area contributed by atoms with Crippen LogP contribution in [0.2, 0.25) is 0 Å². The minimum atomic E-state index is -1.07. The number of amides is 2. The lowest BCUT2D eigenvalue weighted by Gasteiger charge is -2.34. The van der Waals surface area contributed by atoms with Gasteiger partial charge in [-0.05, 0) is 68.0 Å². The van der Waals surface area contributed by atoms with Crippen LogP contribution in [-0.4, -0.2) is 51.8 Å². The molecule has 3 N–H and O–H groups in total. The Hall–Kier alpha value is -5.00. The number of hydrogen-bond acceptors (Lipinski definition) is 8. The number of benzene rings is 2. The molecule has 1 aliphatic carbocycles. The Morgan fingerprint density at radius 2 is 1.88 bits per heavy atom. The Labute approximate surface area is 247 Å². The molecule has 1 saturated heterocycles. The molecule has 3 atom stereocenters. The van der Waals surface area contributed by atoms with Crippen molar-refractivity contribution in [2.75, 3.05) is 18.4 Å². The second kappa shape index (κ2) is 12.1. The number of nitrogens with two attached hydrogens (primary N) is 1. The van der Waals surface area contributed by atoms with Gasteiger partial charge in [0, 0.05) is 30.5 Å². The number of likely N-dealkylation sites (tertiary alicyclic amines) is 1. The van der Waals surface area contributed by atoms with Crippen molar-refractivity contribution in [3.63, 3.8) is 0 Å². The SMILES string of the molecule is CC(N=NC(c1ccccc1)C1CCN(C(=O)c2cc(-c3nc4cc(NC(=O)[C@@H]5C[C@@H]5F)ccc4o3)ccn2)CC1)=NN. The van der Waals surface area contributed by atoms with Gasteiger partial charge in [0.1, 0.15) is 17.4 Å². The molecule has 3 heterocycles. The maximum Gasteiger partial charge on any atom is 0.272 e. The first-order valence-electron chi connectivity index (χ1n) is 14.2. The quantitative estimate of drug-likeness (QED) is 0.0962. The van der Waals surface area contributed by atoms with Crippen molar-refractivity contribution in [2.24, 2.45) is 33.0 Å². The molecule has 220 valence electrons. The highest BCUT2D eigenvalue weighted by Crippen LogP contribution is 2.36. The van der Waals surface area contributed by atoms with Gasteiger partial charge in [-0.15, -0.1) is 5.11 Å². The molecule has 12 heteroatoms. The van der Waals surface area contributed by atoms with E-state index in [2.05, 4.69) is 30.6 Å². The number of carbonyl (C=O) groups is 2. The van der Waals surface area contributed by atoms with Gasteiger partial charge in [-0.2, -0.15) is 10.2 Å². The molecule has 2 aromatic carbocycles. The summed E-state index contributed by atoms with van der Waals surface area (Å²) in [5, 5.41) is 15.1. The van der Waals surface area contributed by atoms with E-state index in [9.17, 15) is 14.0 Å². The molecule has 43 heavy (non-hydrogen) atoms. The topological polar surface area (TPSA) is 151 Å². The third-order valence-corrected chi connectivity index (χ3v) is 7.86. The van der Waals surface area contributed by atoms with Crippen LogP contribution >= 0.6 is 0 Å². The molecule has 4 aromatic rings. The standard InChI is InChI=1S/C31H31FN8O3/c1-18(37-33)38-39-28(19-5-3-2-4-6-19)20-10-13-40(14-11-20)31(42)26-15-21(9-12-34-26)30-36-25-16-22(7-8-27(25)43-30)35-29(41)23-17-24(23)32/h2-9,12,15-16,20,23-24,28H,10-11,13-14,17,33H2,1H3,(H,35,41)/t23-,24+,28?/m1/s1. The van der Waals surface area contributed by atoms with Crippen LogP contribution < -0.4 is 11.2 Å². The largest absolute Gasteiger partial charge is 0.436 e. The zero-order chi connectivity index (χ0) is 29.9. The Bertz CT molecular complexity index is 1700. The average molecular weight is 583 g/mol. The van der Waals surface area contributed by atoms with Gasteiger partial charge in [-0.1, -0.05) is 30.3 Å². The van der Waals surface area contributed by atoms with E-state index in [-0.39, 0.29) is 30.2 Å². The molecule has 6 rings (SSSR count). The third-order valence-electron chi connectivity index (χ3n) is 7.86. The van der Waals surface area contributed by atoms with Crippen molar-refractivity contribution < 1.29 is 18.4 Å². The van der Waals surface area contributed by atoms with Gasteiger partial charge in [0.05, 0.1) is 12.0 Å². The van der Waals surface area contributed by atoms with Crippen molar-refractivity contribution in [1.82, 2.24) is 14.9 Å². The normalized spacial score (nSPS) is 20.0. The lowest BCUT2D eigenvalue weighted by Crippen LogP contribution is -2.40. The average Bonchev–Trinajstić information content (AvgIpc) is 3.63.